The highest BCUT2D eigenvalue weighted by Gasteiger charge is 2.37. The first-order valence-electron chi connectivity index (χ1n) is 5.99. The van der Waals surface area contributed by atoms with E-state index in [9.17, 15) is 17.2 Å². The van der Waals surface area contributed by atoms with Crippen molar-refractivity contribution < 1.29 is 17.2 Å². The minimum atomic E-state index is -4.01. The SMILES string of the molecule is CSC1(CNS(=O)(=O)c2c(F)cc(F)cc2Br)CCC1. The fraction of sp³-hybridized carbons (Fsp3) is 0.500. The maximum absolute atomic E-state index is 13.7. The van der Waals surface area contributed by atoms with Gasteiger partial charge in [0.15, 0.2) is 0 Å². The van der Waals surface area contributed by atoms with Crippen LogP contribution in [0.1, 0.15) is 19.3 Å². The molecular formula is C12H14BrF2NO2S2. The van der Waals surface area contributed by atoms with E-state index in [4.69, 9.17) is 0 Å². The van der Waals surface area contributed by atoms with Gasteiger partial charge in [0.1, 0.15) is 16.5 Å². The van der Waals surface area contributed by atoms with Gasteiger partial charge in [0.2, 0.25) is 10.0 Å². The zero-order valence-electron chi connectivity index (χ0n) is 10.8. The quantitative estimate of drug-likeness (QED) is 0.845. The Kier molecular flexibility index (Phi) is 4.78. The van der Waals surface area contributed by atoms with Crippen molar-refractivity contribution in [3.63, 3.8) is 0 Å². The second-order valence-electron chi connectivity index (χ2n) is 4.76. The summed E-state index contributed by atoms with van der Waals surface area (Å²) in [7, 11) is -4.01. The highest BCUT2D eigenvalue weighted by Crippen LogP contribution is 2.42. The van der Waals surface area contributed by atoms with Gasteiger partial charge in [-0.25, -0.2) is 21.9 Å². The van der Waals surface area contributed by atoms with Gasteiger partial charge < -0.3 is 0 Å². The topological polar surface area (TPSA) is 46.2 Å². The van der Waals surface area contributed by atoms with Crippen molar-refractivity contribution in [1.29, 1.82) is 0 Å². The number of rotatable bonds is 5. The molecule has 0 atom stereocenters. The summed E-state index contributed by atoms with van der Waals surface area (Å²) in [5, 5.41) is 0. The fourth-order valence-electron chi connectivity index (χ4n) is 2.11. The Hall–Kier alpha value is -0.180. The molecule has 8 heteroatoms. The summed E-state index contributed by atoms with van der Waals surface area (Å²) in [5.74, 6) is -1.93. The molecule has 3 nitrogen and oxygen atoms in total. The standard InChI is InChI=1S/C12H14BrF2NO2S2/c1-19-12(3-2-4-12)7-16-20(17,18)11-9(13)5-8(14)6-10(11)15/h5-6,16H,2-4,7H2,1H3. The molecule has 1 aliphatic rings. The first-order chi connectivity index (χ1) is 9.30. The lowest BCUT2D eigenvalue weighted by atomic mass is 9.84. The van der Waals surface area contributed by atoms with Gasteiger partial charge in [-0.2, -0.15) is 11.8 Å². The molecule has 0 bridgehead atoms. The number of nitrogens with one attached hydrogen (secondary N) is 1. The molecule has 1 aromatic carbocycles. The Morgan fingerprint density at radius 3 is 2.50 bits per heavy atom. The lowest BCUT2D eigenvalue weighted by molar-refractivity contribution is 0.361. The van der Waals surface area contributed by atoms with Gasteiger partial charge in [-0.15, -0.1) is 0 Å². The van der Waals surface area contributed by atoms with Crippen LogP contribution >= 0.6 is 27.7 Å². The van der Waals surface area contributed by atoms with Crippen LogP contribution in [0.25, 0.3) is 0 Å². The molecule has 1 N–H and O–H groups in total. The smallest absolute Gasteiger partial charge is 0.210 e. The van der Waals surface area contributed by atoms with Crippen LogP contribution in [0.2, 0.25) is 0 Å². The van der Waals surface area contributed by atoms with Crippen molar-refractivity contribution in [2.75, 3.05) is 12.8 Å². The molecule has 1 aliphatic carbocycles. The van der Waals surface area contributed by atoms with Gasteiger partial charge in [-0.1, -0.05) is 6.42 Å². The molecule has 0 aliphatic heterocycles. The van der Waals surface area contributed by atoms with Crippen LogP contribution in [0.4, 0.5) is 8.78 Å². The van der Waals surface area contributed by atoms with E-state index in [1.807, 2.05) is 6.26 Å². The molecule has 1 saturated carbocycles. The van der Waals surface area contributed by atoms with E-state index < -0.39 is 26.6 Å². The largest absolute Gasteiger partial charge is 0.244 e. The molecule has 0 amide bonds. The van der Waals surface area contributed by atoms with Crippen LogP contribution in [0, 0.1) is 11.6 Å². The highest BCUT2D eigenvalue weighted by atomic mass is 79.9. The van der Waals surface area contributed by atoms with E-state index in [-0.39, 0.29) is 15.8 Å². The van der Waals surface area contributed by atoms with Gasteiger partial charge in [-0.3, -0.25) is 0 Å². The molecule has 1 aromatic rings. The summed E-state index contributed by atoms with van der Waals surface area (Å²) < 4.78 is 53.3. The van der Waals surface area contributed by atoms with Crippen LogP contribution < -0.4 is 4.72 Å². The zero-order chi connectivity index (χ0) is 15.0. The average Bonchev–Trinajstić information content (AvgIpc) is 2.25. The fourth-order valence-corrected chi connectivity index (χ4v) is 5.40. The Bertz CT molecular complexity index is 589. The van der Waals surface area contributed by atoms with Crippen molar-refractivity contribution in [3.8, 4) is 0 Å². The van der Waals surface area contributed by atoms with Crippen LogP contribution in [0.5, 0.6) is 0 Å². The lowest BCUT2D eigenvalue weighted by Crippen LogP contribution is -2.45. The summed E-state index contributed by atoms with van der Waals surface area (Å²) in [5.41, 5.74) is 0. The van der Waals surface area contributed by atoms with Crippen LogP contribution in [0.15, 0.2) is 21.5 Å². The minimum absolute atomic E-state index is 0.101. The second-order valence-corrected chi connectivity index (χ2v) is 8.60. The van der Waals surface area contributed by atoms with E-state index >= 15 is 0 Å². The first kappa shape index (κ1) is 16.2. The van der Waals surface area contributed by atoms with Gasteiger partial charge in [0, 0.05) is 21.8 Å². The molecule has 0 saturated heterocycles. The molecule has 1 fully saturated rings. The third kappa shape index (κ3) is 3.18. The Morgan fingerprint density at radius 2 is 2.05 bits per heavy atom. The van der Waals surface area contributed by atoms with Crippen LogP contribution in [0.3, 0.4) is 0 Å². The van der Waals surface area contributed by atoms with E-state index in [1.165, 1.54) is 0 Å². The van der Waals surface area contributed by atoms with Gasteiger partial charge in [-0.05, 0) is 41.1 Å². The molecular weight excluding hydrogens is 372 g/mol. The van der Waals surface area contributed by atoms with E-state index in [2.05, 4.69) is 20.7 Å². The Balaban J connectivity index is 2.23. The van der Waals surface area contributed by atoms with E-state index in [0.717, 1.165) is 25.3 Å². The third-order valence-corrected chi connectivity index (χ3v) is 7.30. The first-order valence-corrected chi connectivity index (χ1v) is 9.49. The van der Waals surface area contributed by atoms with Gasteiger partial charge in [0.25, 0.3) is 0 Å². The van der Waals surface area contributed by atoms with Crippen LogP contribution in [-0.4, -0.2) is 26.0 Å². The molecule has 0 radical (unpaired) electrons. The van der Waals surface area contributed by atoms with Crippen LogP contribution in [-0.2, 0) is 10.0 Å². The van der Waals surface area contributed by atoms with E-state index in [1.54, 1.807) is 11.8 Å². The molecule has 20 heavy (non-hydrogen) atoms. The zero-order valence-corrected chi connectivity index (χ0v) is 14.0. The maximum atomic E-state index is 13.7. The van der Waals surface area contributed by atoms with Gasteiger partial charge >= 0.3 is 0 Å². The number of thioether (sulfide) groups is 1. The van der Waals surface area contributed by atoms with Gasteiger partial charge in [0.05, 0.1) is 0 Å². The molecule has 2 rings (SSSR count). The van der Waals surface area contributed by atoms with Crippen molar-refractivity contribution in [3.05, 3.63) is 28.2 Å². The second kappa shape index (κ2) is 5.90. The summed E-state index contributed by atoms with van der Waals surface area (Å²) in [6.07, 6.45) is 4.87. The highest BCUT2D eigenvalue weighted by molar-refractivity contribution is 9.10. The molecule has 112 valence electrons. The van der Waals surface area contributed by atoms with Crippen molar-refractivity contribution in [2.45, 2.75) is 28.9 Å². The number of hydrogen-bond donors (Lipinski definition) is 1. The van der Waals surface area contributed by atoms with Crippen molar-refractivity contribution in [1.82, 2.24) is 4.72 Å². The number of sulfonamides is 1. The monoisotopic (exact) mass is 385 g/mol. The Morgan fingerprint density at radius 1 is 1.40 bits per heavy atom. The normalized spacial score (nSPS) is 17.8. The number of halogens is 3. The summed E-state index contributed by atoms with van der Waals surface area (Å²) in [4.78, 5) is -0.547. The molecule has 0 spiro atoms. The summed E-state index contributed by atoms with van der Waals surface area (Å²) in [6.45, 7) is 0.250. The molecule has 0 unspecified atom stereocenters. The number of benzene rings is 1. The maximum Gasteiger partial charge on any atom is 0.244 e. The van der Waals surface area contributed by atoms with Crippen molar-refractivity contribution >= 4 is 37.7 Å². The van der Waals surface area contributed by atoms with Crippen molar-refractivity contribution in [2.24, 2.45) is 0 Å². The summed E-state index contributed by atoms with van der Waals surface area (Å²) in [6, 6.07) is 1.50. The Labute approximate surface area is 129 Å². The molecule has 0 heterocycles. The lowest BCUT2D eigenvalue weighted by Gasteiger charge is -2.40. The predicted molar refractivity (Wildman–Crippen MR) is 79.3 cm³/mol. The average molecular weight is 386 g/mol. The molecule has 0 aromatic heterocycles. The number of hydrogen-bond acceptors (Lipinski definition) is 3. The third-order valence-electron chi connectivity index (χ3n) is 3.51. The minimum Gasteiger partial charge on any atom is -0.210 e. The summed E-state index contributed by atoms with van der Waals surface area (Å²) >= 11 is 4.51. The predicted octanol–water partition coefficient (Wildman–Crippen LogP) is 3.29. The van der Waals surface area contributed by atoms with E-state index in [0.29, 0.717) is 6.07 Å².